The number of ether oxygens (including phenoxy) is 1. The predicted octanol–water partition coefficient (Wildman–Crippen LogP) is 4.49. The van der Waals surface area contributed by atoms with E-state index >= 15 is 4.39 Å². The molecule has 2 aromatic heterocycles. The quantitative estimate of drug-likeness (QED) is 0.320. The van der Waals surface area contributed by atoms with E-state index in [0.29, 0.717) is 6.61 Å². The van der Waals surface area contributed by atoms with Gasteiger partial charge in [-0.05, 0) is 24.9 Å². The summed E-state index contributed by atoms with van der Waals surface area (Å²) in [6.07, 6.45) is -0.745. The van der Waals surface area contributed by atoms with Gasteiger partial charge in [-0.15, -0.1) is 0 Å². The van der Waals surface area contributed by atoms with Crippen LogP contribution >= 0.6 is 11.6 Å². The Kier molecular flexibility index (Phi) is 9.33. The molecule has 0 radical (unpaired) electrons. The number of fused-ring (bicyclic) bond motifs is 1. The molecule has 13 heteroatoms. The van der Waals surface area contributed by atoms with E-state index in [-0.39, 0.29) is 35.1 Å². The largest absolute Gasteiger partial charge is 0.507 e. The number of hydrogen-bond acceptors (Lipinski definition) is 6. The number of rotatable bonds is 5. The Labute approximate surface area is 213 Å². The number of alkyl halides is 3. The van der Waals surface area contributed by atoms with Crippen molar-refractivity contribution in [1.29, 1.82) is 0 Å². The Morgan fingerprint density at radius 3 is 2.54 bits per heavy atom. The van der Waals surface area contributed by atoms with Gasteiger partial charge in [-0.25, -0.2) is 9.18 Å². The van der Waals surface area contributed by atoms with Gasteiger partial charge < -0.3 is 24.8 Å². The summed E-state index contributed by atoms with van der Waals surface area (Å²) in [7, 11) is 0. The van der Waals surface area contributed by atoms with Crippen LogP contribution in [0.15, 0.2) is 41.2 Å². The van der Waals surface area contributed by atoms with Crippen LogP contribution in [0.25, 0.3) is 10.9 Å². The lowest BCUT2D eigenvalue weighted by Crippen LogP contribution is -2.34. The van der Waals surface area contributed by atoms with E-state index in [9.17, 15) is 23.1 Å². The van der Waals surface area contributed by atoms with E-state index in [1.54, 1.807) is 0 Å². The molecule has 0 bridgehead atoms. The topological polar surface area (TPSA) is 114 Å². The number of carboxylic acid groups (broad SMARTS) is 1. The van der Waals surface area contributed by atoms with Crippen LogP contribution in [0.5, 0.6) is 11.6 Å². The highest BCUT2D eigenvalue weighted by Crippen LogP contribution is 2.35. The number of aromatic nitrogens is 2. The molecular formula is C24H24ClF4N3O5. The number of aliphatic carboxylic acids is 1. The number of halogens is 5. The first-order valence-corrected chi connectivity index (χ1v) is 11.7. The monoisotopic (exact) mass is 545 g/mol. The summed E-state index contributed by atoms with van der Waals surface area (Å²) in [5.41, 5.74) is 0.151. The first-order valence-electron chi connectivity index (χ1n) is 11.3. The molecule has 200 valence electrons. The molecule has 3 heterocycles. The maximum atomic E-state index is 15.0. The smallest absolute Gasteiger partial charge is 0.490 e. The maximum absolute atomic E-state index is 15.0. The molecule has 1 aromatic carbocycles. The SMILES string of the molecule is O=C(O)C(F)(F)F.O=c1cc(O)c2c(OCC3CCCCCN3)nc(Cl)c(F)c2n1Cc1ccccc1. The molecule has 37 heavy (non-hydrogen) atoms. The number of nitrogens with one attached hydrogen (secondary N) is 1. The van der Waals surface area contributed by atoms with Gasteiger partial charge in [0, 0.05) is 12.1 Å². The molecule has 3 N–H and O–H groups in total. The molecule has 0 saturated carbocycles. The van der Waals surface area contributed by atoms with Crippen molar-refractivity contribution in [3.63, 3.8) is 0 Å². The van der Waals surface area contributed by atoms with Gasteiger partial charge in [0.1, 0.15) is 17.7 Å². The molecule has 1 aliphatic rings. The predicted molar refractivity (Wildman–Crippen MR) is 128 cm³/mol. The number of carboxylic acids is 1. The molecule has 1 saturated heterocycles. The second kappa shape index (κ2) is 12.2. The fraction of sp³-hybridized carbons (Fsp3) is 0.375. The van der Waals surface area contributed by atoms with Gasteiger partial charge in [0.15, 0.2) is 11.0 Å². The zero-order valence-corrected chi connectivity index (χ0v) is 20.2. The van der Waals surface area contributed by atoms with E-state index in [1.165, 1.54) is 11.0 Å². The Hall–Kier alpha value is -3.38. The molecule has 1 fully saturated rings. The highest BCUT2D eigenvalue weighted by molar-refractivity contribution is 6.30. The minimum Gasteiger partial charge on any atom is -0.507 e. The van der Waals surface area contributed by atoms with Crippen molar-refractivity contribution in [3.05, 3.63) is 63.3 Å². The molecule has 0 amide bonds. The molecule has 1 aliphatic heterocycles. The highest BCUT2D eigenvalue weighted by atomic mass is 35.5. The van der Waals surface area contributed by atoms with Crippen molar-refractivity contribution in [2.24, 2.45) is 0 Å². The second-order valence-electron chi connectivity index (χ2n) is 8.30. The fourth-order valence-electron chi connectivity index (χ4n) is 3.81. The number of aromatic hydroxyl groups is 1. The highest BCUT2D eigenvalue weighted by Gasteiger charge is 2.38. The van der Waals surface area contributed by atoms with Crippen LogP contribution in [-0.2, 0) is 11.3 Å². The van der Waals surface area contributed by atoms with Crippen LogP contribution in [0.2, 0.25) is 5.15 Å². The second-order valence-corrected chi connectivity index (χ2v) is 8.66. The van der Waals surface area contributed by atoms with Crippen LogP contribution < -0.4 is 15.6 Å². The first kappa shape index (κ1) is 28.2. The summed E-state index contributed by atoms with van der Waals surface area (Å²) in [5, 5.41) is 20.6. The summed E-state index contributed by atoms with van der Waals surface area (Å²) in [6.45, 7) is 1.34. The van der Waals surface area contributed by atoms with Crippen molar-refractivity contribution < 1.29 is 37.3 Å². The number of hydrogen-bond donors (Lipinski definition) is 3. The zero-order chi connectivity index (χ0) is 27.2. The summed E-state index contributed by atoms with van der Waals surface area (Å²) in [6, 6.07) is 10.4. The first-order chi connectivity index (χ1) is 17.5. The van der Waals surface area contributed by atoms with E-state index in [0.717, 1.165) is 37.4 Å². The molecule has 1 atom stereocenters. The van der Waals surface area contributed by atoms with Crippen LogP contribution in [0.4, 0.5) is 17.6 Å². The van der Waals surface area contributed by atoms with E-state index < -0.39 is 28.7 Å². The van der Waals surface area contributed by atoms with E-state index in [2.05, 4.69) is 10.3 Å². The van der Waals surface area contributed by atoms with Crippen molar-refractivity contribution in [2.45, 2.75) is 44.4 Å². The summed E-state index contributed by atoms with van der Waals surface area (Å²) in [5.74, 6) is -3.99. The maximum Gasteiger partial charge on any atom is 0.490 e. The summed E-state index contributed by atoms with van der Waals surface area (Å²) < 4.78 is 53.9. The zero-order valence-electron chi connectivity index (χ0n) is 19.4. The van der Waals surface area contributed by atoms with Crippen LogP contribution in [0.3, 0.4) is 0 Å². The Bertz CT molecular complexity index is 1290. The van der Waals surface area contributed by atoms with Gasteiger partial charge in [0.25, 0.3) is 5.56 Å². The van der Waals surface area contributed by atoms with Crippen molar-refractivity contribution in [3.8, 4) is 11.6 Å². The van der Waals surface area contributed by atoms with Crippen LogP contribution in [-0.4, -0.2) is 51.1 Å². The van der Waals surface area contributed by atoms with E-state index in [4.69, 9.17) is 26.2 Å². The van der Waals surface area contributed by atoms with Gasteiger partial charge in [-0.2, -0.15) is 18.2 Å². The Morgan fingerprint density at radius 2 is 1.89 bits per heavy atom. The molecule has 3 aromatic rings. The summed E-state index contributed by atoms with van der Waals surface area (Å²) in [4.78, 5) is 25.5. The standard InChI is InChI=1S/C22H23ClFN3O3.C2HF3O2/c23-21-19(24)20-18(22(26-21)30-13-15-9-5-2-6-10-25-15)16(28)11-17(29)27(20)12-14-7-3-1-4-8-14;3-2(4,5)1(6)7/h1,3-4,7-8,11,15,25,28H,2,5-6,9-10,12-13H2;(H,6,7). The van der Waals surface area contributed by atoms with Crippen LogP contribution in [0, 0.1) is 5.82 Å². The van der Waals surface area contributed by atoms with Crippen molar-refractivity contribution >= 4 is 28.5 Å². The average Bonchev–Trinajstić information content (AvgIpc) is 3.12. The Balaban J connectivity index is 0.000000479. The molecule has 1 unspecified atom stereocenters. The van der Waals surface area contributed by atoms with Gasteiger partial charge in [-0.1, -0.05) is 54.8 Å². The number of carbonyl (C=O) groups is 1. The number of pyridine rings is 2. The lowest BCUT2D eigenvalue weighted by atomic mass is 10.1. The third-order valence-electron chi connectivity index (χ3n) is 5.60. The lowest BCUT2D eigenvalue weighted by Gasteiger charge is -2.19. The molecular weight excluding hydrogens is 522 g/mol. The van der Waals surface area contributed by atoms with Gasteiger partial charge in [0.2, 0.25) is 5.88 Å². The number of nitrogens with zero attached hydrogens (tertiary/aromatic N) is 2. The van der Waals surface area contributed by atoms with Crippen LogP contribution in [0.1, 0.15) is 31.2 Å². The molecule has 0 spiro atoms. The third-order valence-corrected chi connectivity index (χ3v) is 5.85. The van der Waals surface area contributed by atoms with Gasteiger partial charge in [0.05, 0.1) is 12.1 Å². The minimum absolute atomic E-state index is 0.0155. The van der Waals surface area contributed by atoms with Gasteiger partial charge in [-0.3, -0.25) is 4.79 Å². The normalized spacial score (nSPS) is 16.0. The van der Waals surface area contributed by atoms with Crippen molar-refractivity contribution in [1.82, 2.24) is 14.9 Å². The van der Waals surface area contributed by atoms with Gasteiger partial charge >= 0.3 is 12.1 Å². The third kappa shape index (κ3) is 7.32. The minimum atomic E-state index is -5.08. The number of benzene rings is 1. The fourth-order valence-corrected chi connectivity index (χ4v) is 3.98. The average molecular weight is 546 g/mol. The molecule has 8 nitrogen and oxygen atoms in total. The summed E-state index contributed by atoms with van der Waals surface area (Å²) >= 11 is 6.04. The Morgan fingerprint density at radius 1 is 1.22 bits per heavy atom. The lowest BCUT2D eigenvalue weighted by molar-refractivity contribution is -0.192. The van der Waals surface area contributed by atoms with Crippen molar-refractivity contribution in [2.75, 3.05) is 13.2 Å². The molecule has 4 rings (SSSR count). The van der Waals surface area contributed by atoms with E-state index in [1.807, 2.05) is 30.3 Å². The molecule has 0 aliphatic carbocycles.